The molecular weight excluding hydrogens is 188 g/mol. The van der Waals surface area contributed by atoms with Crippen LogP contribution in [0, 0.1) is 0 Å². The van der Waals surface area contributed by atoms with Crippen LogP contribution in [-0.4, -0.2) is 29.4 Å². The number of nitrogens with zero attached hydrogens (tertiary/aromatic N) is 1. The van der Waals surface area contributed by atoms with Crippen molar-refractivity contribution in [2.24, 2.45) is 5.73 Å². The monoisotopic (exact) mass is 214 g/mol. The second-order valence-corrected chi connectivity index (χ2v) is 4.72. The summed E-state index contributed by atoms with van der Waals surface area (Å²) in [5, 5.41) is 0. The highest BCUT2D eigenvalue weighted by molar-refractivity contribution is 5.85. The fraction of sp³-hybridized carbons (Fsp3) is 0.917. The van der Waals surface area contributed by atoms with Gasteiger partial charge in [0.1, 0.15) is 0 Å². The van der Waals surface area contributed by atoms with E-state index in [1.54, 1.807) is 13.8 Å². The van der Waals surface area contributed by atoms with E-state index in [2.05, 4.69) is 13.8 Å². The Bertz CT molecular complexity index is 177. The molecule has 0 bridgehead atoms. The quantitative estimate of drug-likeness (QED) is 0.706. The van der Waals surface area contributed by atoms with Crippen molar-refractivity contribution in [3.05, 3.63) is 0 Å². The molecule has 3 heteroatoms. The molecule has 0 aromatic heterocycles. The molecule has 0 heterocycles. The molecule has 90 valence electrons. The van der Waals surface area contributed by atoms with Crippen LogP contribution in [0.3, 0.4) is 0 Å². The number of carbonyl (C=O) groups excluding carboxylic acids is 1. The van der Waals surface area contributed by atoms with Gasteiger partial charge >= 0.3 is 0 Å². The molecule has 0 spiro atoms. The normalized spacial score (nSPS) is 11.5. The van der Waals surface area contributed by atoms with Crippen molar-refractivity contribution < 1.29 is 4.79 Å². The molecule has 0 fully saturated rings. The summed E-state index contributed by atoms with van der Waals surface area (Å²) in [6.45, 7) is 9.51. The average molecular weight is 214 g/mol. The number of unbranched alkanes of at least 4 members (excludes halogenated alkanes) is 2. The Morgan fingerprint density at radius 2 is 1.53 bits per heavy atom. The Morgan fingerprint density at radius 3 is 1.80 bits per heavy atom. The Labute approximate surface area is 94.0 Å². The van der Waals surface area contributed by atoms with Crippen LogP contribution in [0.2, 0.25) is 0 Å². The van der Waals surface area contributed by atoms with Gasteiger partial charge in [-0.3, -0.25) is 4.79 Å². The zero-order chi connectivity index (χ0) is 11.9. The highest BCUT2D eigenvalue weighted by Gasteiger charge is 2.26. The van der Waals surface area contributed by atoms with E-state index in [0.717, 1.165) is 38.8 Å². The summed E-state index contributed by atoms with van der Waals surface area (Å²) in [7, 11) is 0. The summed E-state index contributed by atoms with van der Waals surface area (Å²) in [4.78, 5) is 13.9. The second-order valence-electron chi connectivity index (χ2n) is 4.72. The molecule has 1 amide bonds. The van der Waals surface area contributed by atoms with Crippen molar-refractivity contribution >= 4 is 5.91 Å². The zero-order valence-electron chi connectivity index (χ0n) is 10.7. The summed E-state index contributed by atoms with van der Waals surface area (Å²) in [6.07, 6.45) is 4.35. The lowest BCUT2D eigenvalue weighted by Gasteiger charge is -2.29. The molecule has 0 aliphatic heterocycles. The van der Waals surface area contributed by atoms with E-state index in [-0.39, 0.29) is 5.91 Å². The first-order chi connectivity index (χ1) is 6.93. The third-order valence-corrected chi connectivity index (χ3v) is 2.40. The highest BCUT2D eigenvalue weighted by atomic mass is 16.2. The summed E-state index contributed by atoms with van der Waals surface area (Å²) < 4.78 is 0. The molecule has 3 nitrogen and oxygen atoms in total. The molecule has 0 saturated carbocycles. The average Bonchev–Trinajstić information content (AvgIpc) is 2.16. The topological polar surface area (TPSA) is 46.3 Å². The van der Waals surface area contributed by atoms with Gasteiger partial charge in [-0.15, -0.1) is 0 Å². The van der Waals surface area contributed by atoms with E-state index in [1.165, 1.54) is 0 Å². The lowest BCUT2D eigenvalue weighted by molar-refractivity contribution is -0.136. The highest BCUT2D eigenvalue weighted by Crippen LogP contribution is 2.07. The van der Waals surface area contributed by atoms with Gasteiger partial charge in [0.05, 0.1) is 5.54 Å². The minimum atomic E-state index is -0.735. The van der Waals surface area contributed by atoms with Gasteiger partial charge in [-0.1, -0.05) is 26.7 Å². The van der Waals surface area contributed by atoms with Crippen LogP contribution in [0.15, 0.2) is 0 Å². The smallest absolute Gasteiger partial charge is 0.242 e. The lowest BCUT2D eigenvalue weighted by atomic mass is 10.0. The Balaban J connectivity index is 4.27. The van der Waals surface area contributed by atoms with Gasteiger partial charge in [0, 0.05) is 13.1 Å². The van der Waals surface area contributed by atoms with Crippen LogP contribution in [0.25, 0.3) is 0 Å². The van der Waals surface area contributed by atoms with Crippen LogP contribution in [0.5, 0.6) is 0 Å². The number of carbonyl (C=O) groups is 1. The van der Waals surface area contributed by atoms with Gasteiger partial charge in [-0.25, -0.2) is 0 Å². The molecule has 0 unspecified atom stereocenters. The van der Waals surface area contributed by atoms with Crippen molar-refractivity contribution in [2.75, 3.05) is 13.1 Å². The van der Waals surface area contributed by atoms with Crippen molar-refractivity contribution in [3.63, 3.8) is 0 Å². The summed E-state index contributed by atoms with van der Waals surface area (Å²) in [5.41, 5.74) is 5.10. The lowest BCUT2D eigenvalue weighted by Crippen LogP contribution is -2.51. The van der Waals surface area contributed by atoms with E-state index in [4.69, 9.17) is 5.73 Å². The van der Waals surface area contributed by atoms with Crippen LogP contribution in [0.1, 0.15) is 53.4 Å². The molecule has 0 aromatic rings. The number of rotatable bonds is 7. The molecule has 0 aromatic carbocycles. The van der Waals surface area contributed by atoms with Crippen LogP contribution >= 0.6 is 0 Å². The molecule has 0 rings (SSSR count). The Kier molecular flexibility index (Phi) is 6.57. The molecule has 0 radical (unpaired) electrons. The SMILES string of the molecule is CCCCN(CCCC)C(=O)C(C)(C)N. The van der Waals surface area contributed by atoms with E-state index < -0.39 is 5.54 Å². The van der Waals surface area contributed by atoms with Gasteiger partial charge in [0.25, 0.3) is 0 Å². The van der Waals surface area contributed by atoms with Crippen molar-refractivity contribution in [1.82, 2.24) is 4.90 Å². The minimum Gasteiger partial charge on any atom is -0.341 e. The third-order valence-electron chi connectivity index (χ3n) is 2.40. The first-order valence-electron chi connectivity index (χ1n) is 6.01. The van der Waals surface area contributed by atoms with E-state index in [0.29, 0.717) is 0 Å². The van der Waals surface area contributed by atoms with Crippen molar-refractivity contribution in [2.45, 2.75) is 58.9 Å². The standard InChI is InChI=1S/C12H26N2O/c1-5-7-9-14(10-8-6-2)11(15)12(3,4)13/h5-10,13H2,1-4H3. The first-order valence-corrected chi connectivity index (χ1v) is 6.01. The molecule has 0 atom stereocenters. The van der Waals surface area contributed by atoms with Crippen LogP contribution in [-0.2, 0) is 4.79 Å². The molecule has 0 saturated heterocycles. The van der Waals surface area contributed by atoms with Crippen LogP contribution < -0.4 is 5.73 Å². The van der Waals surface area contributed by atoms with Gasteiger partial charge in [0.2, 0.25) is 5.91 Å². The predicted molar refractivity (Wildman–Crippen MR) is 64.7 cm³/mol. The van der Waals surface area contributed by atoms with Gasteiger partial charge in [0.15, 0.2) is 0 Å². The maximum atomic E-state index is 12.0. The summed E-state index contributed by atoms with van der Waals surface area (Å²) >= 11 is 0. The molecule has 0 aliphatic rings. The zero-order valence-corrected chi connectivity index (χ0v) is 10.7. The predicted octanol–water partition coefficient (Wildman–Crippen LogP) is 2.15. The number of hydrogen-bond acceptors (Lipinski definition) is 2. The number of amides is 1. The first kappa shape index (κ1) is 14.4. The number of hydrogen-bond donors (Lipinski definition) is 1. The molecular formula is C12H26N2O. The van der Waals surface area contributed by atoms with E-state index in [9.17, 15) is 4.79 Å². The van der Waals surface area contributed by atoms with Gasteiger partial charge in [-0.2, -0.15) is 0 Å². The molecule has 2 N–H and O–H groups in total. The van der Waals surface area contributed by atoms with E-state index in [1.807, 2.05) is 4.90 Å². The molecule has 15 heavy (non-hydrogen) atoms. The van der Waals surface area contributed by atoms with Gasteiger partial charge < -0.3 is 10.6 Å². The third kappa shape index (κ3) is 5.78. The van der Waals surface area contributed by atoms with Crippen molar-refractivity contribution in [3.8, 4) is 0 Å². The maximum absolute atomic E-state index is 12.0. The van der Waals surface area contributed by atoms with Crippen molar-refractivity contribution in [1.29, 1.82) is 0 Å². The van der Waals surface area contributed by atoms with Gasteiger partial charge in [-0.05, 0) is 26.7 Å². The molecule has 0 aliphatic carbocycles. The Morgan fingerprint density at radius 1 is 1.13 bits per heavy atom. The fourth-order valence-corrected chi connectivity index (χ4v) is 1.42. The largest absolute Gasteiger partial charge is 0.341 e. The van der Waals surface area contributed by atoms with E-state index >= 15 is 0 Å². The minimum absolute atomic E-state index is 0.0735. The summed E-state index contributed by atoms with van der Waals surface area (Å²) in [6, 6.07) is 0. The number of nitrogens with two attached hydrogens (primary N) is 1. The second kappa shape index (κ2) is 6.83. The maximum Gasteiger partial charge on any atom is 0.242 e. The summed E-state index contributed by atoms with van der Waals surface area (Å²) in [5.74, 6) is 0.0735. The fourth-order valence-electron chi connectivity index (χ4n) is 1.42. The Hall–Kier alpha value is -0.570. The van der Waals surface area contributed by atoms with Crippen LogP contribution in [0.4, 0.5) is 0 Å².